The van der Waals surface area contributed by atoms with Gasteiger partial charge in [-0.3, -0.25) is 14.6 Å². The molecule has 5 nitrogen and oxygen atoms in total. The zero-order valence-electron chi connectivity index (χ0n) is 14.9. The number of Topliss-reactive ketones (excluding diaryl/α,β-unsaturated/α-hetero) is 1. The van der Waals surface area contributed by atoms with Crippen molar-refractivity contribution in [3.8, 4) is 0 Å². The van der Waals surface area contributed by atoms with E-state index in [9.17, 15) is 9.90 Å². The Morgan fingerprint density at radius 1 is 1.28 bits per heavy atom. The fourth-order valence-electron chi connectivity index (χ4n) is 4.84. The molecule has 2 aliphatic heterocycles. The van der Waals surface area contributed by atoms with Crippen molar-refractivity contribution in [2.24, 2.45) is 11.8 Å². The summed E-state index contributed by atoms with van der Waals surface area (Å²) in [6, 6.07) is 2.34. The van der Waals surface area contributed by atoms with Crippen molar-refractivity contribution in [1.29, 1.82) is 0 Å². The molecule has 25 heavy (non-hydrogen) atoms. The summed E-state index contributed by atoms with van der Waals surface area (Å²) in [5.74, 6) is 1.45. The summed E-state index contributed by atoms with van der Waals surface area (Å²) in [6.45, 7) is 8.23. The molecule has 0 unspecified atom stereocenters. The van der Waals surface area contributed by atoms with Gasteiger partial charge in [0.25, 0.3) is 0 Å². The van der Waals surface area contributed by atoms with Crippen molar-refractivity contribution >= 4 is 17.1 Å². The number of hydrogen-bond donors (Lipinski definition) is 1. The number of hydrogen-bond acceptors (Lipinski definition) is 6. The first-order chi connectivity index (χ1) is 12.1. The number of carbonyl (C=O) groups is 1. The van der Waals surface area contributed by atoms with E-state index in [-0.39, 0.29) is 11.9 Å². The maximum Gasteiger partial charge on any atom is 0.169 e. The summed E-state index contributed by atoms with van der Waals surface area (Å²) in [4.78, 5) is 17.3. The molecule has 138 valence electrons. The molecule has 1 N–H and O–H groups in total. The molecule has 3 heterocycles. The molecular weight excluding hydrogens is 336 g/mol. The fraction of sp³-hybridized carbons (Fsp3) is 0.737. The zero-order valence-corrected chi connectivity index (χ0v) is 15.7. The summed E-state index contributed by atoms with van der Waals surface area (Å²) in [7, 11) is 0. The second-order valence-electron chi connectivity index (χ2n) is 7.84. The van der Waals surface area contributed by atoms with Crippen LogP contribution in [0.2, 0.25) is 0 Å². The largest absolute Gasteiger partial charge is 0.391 e. The molecule has 4 atom stereocenters. The van der Waals surface area contributed by atoms with E-state index >= 15 is 0 Å². The molecule has 3 fully saturated rings. The van der Waals surface area contributed by atoms with Crippen LogP contribution in [0.15, 0.2) is 11.4 Å². The minimum Gasteiger partial charge on any atom is -0.391 e. The van der Waals surface area contributed by atoms with E-state index in [0.717, 1.165) is 63.7 Å². The fourth-order valence-corrected chi connectivity index (χ4v) is 5.64. The summed E-state index contributed by atoms with van der Waals surface area (Å²) in [6.07, 6.45) is 1.82. The number of ether oxygens (including phenoxy) is 1. The van der Waals surface area contributed by atoms with Crippen molar-refractivity contribution in [1.82, 2.24) is 9.80 Å². The Bertz CT molecular complexity index is 614. The number of thiophene rings is 1. The van der Waals surface area contributed by atoms with E-state index < -0.39 is 0 Å². The summed E-state index contributed by atoms with van der Waals surface area (Å²) in [5.41, 5.74) is 1.25. The molecule has 3 aliphatic rings. The van der Waals surface area contributed by atoms with Crippen LogP contribution >= 0.6 is 11.3 Å². The number of fused-ring (bicyclic) bond motifs is 1. The molecule has 2 saturated heterocycles. The Kier molecular flexibility index (Phi) is 5.25. The van der Waals surface area contributed by atoms with Crippen molar-refractivity contribution in [3.05, 3.63) is 21.9 Å². The zero-order chi connectivity index (χ0) is 17.4. The standard InChI is InChI=1S/C19H28N2O3S/c1-13(22)19-6-14(12-25-19)9-20-10-15-7-17(18(23)8-16(15)11-20)21-2-4-24-5-3-21/h6,12,15-18,23H,2-5,7-11H2,1H3/t15-,16+,17-,18-/m1/s1. The van der Waals surface area contributed by atoms with Gasteiger partial charge >= 0.3 is 0 Å². The predicted molar refractivity (Wildman–Crippen MR) is 98.0 cm³/mol. The van der Waals surface area contributed by atoms with Gasteiger partial charge in [0.1, 0.15) is 0 Å². The molecule has 4 rings (SSSR count). The second-order valence-corrected chi connectivity index (χ2v) is 8.76. The van der Waals surface area contributed by atoms with Gasteiger partial charge in [0.2, 0.25) is 0 Å². The van der Waals surface area contributed by atoms with Gasteiger partial charge in [-0.15, -0.1) is 11.3 Å². The van der Waals surface area contributed by atoms with Gasteiger partial charge in [-0.05, 0) is 48.6 Å². The van der Waals surface area contributed by atoms with Crippen LogP contribution in [-0.2, 0) is 11.3 Å². The third-order valence-corrected chi connectivity index (χ3v) is 7.19. The van der Waals surface area contributed by atoms with Crippen LogP contribution in [0, 0.1) is 11.8 Å². The lowest BCUT2D eigenvalue weighted by Gasteiger charge is -2.43. The van der Waals surface area contributed by atoms with Crippen molar-refractivity contribution < 1.29 is 14.6 Å². The predicted octanol–water partition coefficient (Wildman–Crippen LogP) is 1.85. The van der Waals surface area contributed by atoms with Gasteiger partial charge in [0.15, 0.2) is 5.78 Å². The number of aliphatic hydroxyl groups excluding tert-OH is 1. The maximum absolute atomic E-state index is 11.5. The number of ketones is 1. The van der Waals surface area contributed by atoms with E-state index in [2.05, 4.69) is 15.2 Å². The van der Waals surface area contributed by atoms with Crippen LogP contribution in [0.4, 0.5) is 0 Å². The maximum atomic E-state index is 11.5. The van der Waals surface area contributed by atoms with Gasteiger partial charge in [-0.2, -0.15) is 0 Å². The highest BCUT2D eigenvalue weighted by molar-refractivity contribution is 7.12. The number of carbonyl (C=O) groups excluding carboxylic acids is 1. The lowest BCUT2D eigenvalue weighted by atomic mass is 9.77. The lowest BCUT2D eigenvalue weighted by molar-refractivity contribution is -0.0520. The molecule has 0 spiro atoms. The van der Waals surface area contributed by atoms with Crippen molar-refractivity contribution in [2.45, 2.75) is 38.5 Å². The Morgan fingerprint density at radius 2 is 2.00 bits per heavy atom. The van der Waals surface area contributed by atoms with E-state index in [1.807, 2.05) is 6.07 Å². The van der Waals surface area contributed by atoms with Crippen LogP contribution in [0.5, 0.6) is 0 Å². The Hall–Kier alpha value is -0.790. The van der Waals surface area contributed by atoms with Gasteiger partial charge in [0.05, 0.1) is 24.2 Å². The Morgan fingerprint density at radius 3 is 2.68 bits per heavy atom. The summed E-state index contributed by atoms with van der Waals surface area (Å²) >= 11 is 1.55. The number of likely N-dealkylation sites (tertiary alicyclic amines) is 1. The lowest BCUT2D eigenvalue weighted by Crippen LogP contribution is -2.53. The monoisotopic (exact) mass is 364 g/mol. The average molecular weight is 365 g/mol. The first-order valence-corrected chi connectivity index (χ1v) is 10.3. The van der Waals surface area contributed by atoms with Crippen molar-refractivity contribution in [2.75, 3.05) is 39.4 Å². The van der Waals surface area contributed by atoms with Crippen LogP contribution < -0.4 is 0 Å². The van der Waals surface area contributed by atoms with Gasteiger partial charge in [0, 0.05) is 38.8 Å². The molecule has 0 amide bonds. The number of nitrogens with zero attached hydrogens (tertiary/aromatic N) is 2. The van der Waals surface area contributed by atoms with Crippen LogP contribution in [-0.4, -0.2) is 72.2 Å². The van der Waals surface area contributed by atoms with Gasteiger partial charge in [-0.1, -0.05) is 0 Å². The SMILES string of the molecule is CC(=O)c1cc(CN2C[C@H]3C[C@@H](N4CCOCC4)[C@H](O)C[C@H]3C2)cs1. The molecule has 6 heteroatoms. The quantitative estimate of drug-likeness (QED) is 0.827. The Labute approximate surface area is 153 Å². The van der Waals surface area contributed by atoms with Crippen LogP contribution in [0.1, 0.15) is 35.0 Å². The summed E-state index contributed by atoms with van der Waals surface area (Å²) < 4.78 is 5.46. The van der Waals surface area contributed by atoms with Crippen LogP contribution in [0.3, 0.4) is 0 Å². The Balaban J connectivity index is 1.36. The molecule has 1 aromatic rings. The van der Waals surface area contributed by atoms with E-state index in [1.54, 1.807) is 18.3 Å². The highest BCUT2D eigenvalue weighted by atomic mass is 32.1. The summed E-state index contributed by atoms with van der Waals surface area (Å²) in [5, 5.41) is 12.8. The topological polar surface area (TPSA) is 53.0 Å². The smallest absolute Gasteiger partial charge is 0.169 e. The van der Waals surface area contributed by atoms with E-state index in [1.165, 1.54) is 5.56 Å². The highest BCUT2D eigenvalue weighted by Crippen LogP contribution is 2.39. The highest BCUT2D eigenvalue weighted by Gasteiger charge is 2.43. The number of rotatable bonds is 4. The first-order valence-electron chi connectivity index (χ1n) is 9.40. The molecule has 1 aromatic heterocycles. The third kappa shape index (κ3) is 3.83. The molecule has 0 bridgehead atoms. The van der Waals surface area contributed by atoms with Gasteiger partial charge < -0.3 is 9.84 Å². The molecule has 0 radical (unpaired) electrons. The van der Waals surface area contributed by atoms with Crippen LogP contribution in [0.25, 0.3) is 0 Å². The first kappa shape index (κ1) is 17.6. The molecule has 1 saturated carbocycles. The second kappa shape index (κ2) is 7.45. The third-order valence-electron chi connectivity index (χ3n) is 6.11. The molecule has 0 aromatic carbocycles. The number of aliphatic hydroxyl groups is 1. The van der Waals surface area contributed by atoms with Crippen molar-refractivity contribution in [3.63, 3.8) is 0 Å². The van der Waals surface area contributed by atoms with Gasteiger partial charge in [-0.25, -0.2) is 0 Å². The normalized spacial score (nSPS) is 34.2. The van der Waals surface area contributed by atoms with E-state index in [0.29, 0.717) is 17.9 Å². The molecular formula is C19H28N2O3S. The minimum absolute atomic E-state index is 0.155. The minimum atomic E-state index is -0.204. The number of morpholine rings is 1. The average Bonchev–Trinajstić information content (AvgIpc) is 3.21. The molecule has 1 aliphatic carbocycles. The van der Waals surface area contributed by atoms with E-state index in [4.69, 9.17) is 4.74 Å².